The lowest BCUT2D eigenvalue weighted by Gasteiger charge is -2.20. The first kappa shape index (κ1) is 18.4. The van der Waals surface area contributed by atoms with Gasteiger partial charge < -0.3 is 15.5 Å². The Balaban J connectivity index is 3.86. The van der Waals surface area contributed by atoms with Crippen LogP contribution in [-0.2, 0) is 4.79 Å². The third-order valence-electron chi connectivity index (χ3n) is 3.56. The molecule has 1 amide bonds. The van der Waals surface area contributed by atoms with Crippen molar-refractivity contribution in [2.24, 2.45) is 11.7 Å². The van der Waals surface area contributed by atoms with Gasteiger partial charge in [-0.1, -0.05) is 19.8 Å². The van der Waals surface area contributed by atoms with Gasteiger partial charge in [-0.2, -0.15) is 0 Å². The topological polar surface area (TPSA) is 49.6 Å². The Morgan fingerprint density at radius 2 is 1.79 bits per heavy atom. The second-order valence-corrected chi connectivity index (χ2v) is 5.74. The lowest BCUT2D eigenvalue weighted by molar-refractivity contribution is -0.130. The predicted molar refractivity (Wildman–Crippen MR) is 82.1 cm³/mol. The van der Waals surface area contributed by atoms with E-state index in [-0.39, 0.29) is 5.91 Å². The summed E-state index contributed by atoms with van der Waals surface area (Å²) in [5.74, 6) is 0.894. The lowest BCUT2D eigenvalue weighted by atomic mass is 9.94. The molecule has 0 aliphatic rings. The summed E-state index contributed by atoms with van der Waals surface area (Å²) >= 11 is 0. The lowest BCUT2D eigenvalue weighted by Crippen LogP contribution is -2.30. The average molecular weight is 271 g/mol. The van der Waals surface area contributed by atoms with Gasteiger partial charge in [0.15, 0.2) is 0 Å². The molecule has 0 aromatic rings. The van der Waals surface area contributed by atoms with Crippen LogP contribution in [0.4, 0.5) is 0 Å². The minimum atomic E-state index is 0.275. The standard InChI is InChI=1S/C15H33N3O/c1-5-7-14(10-11-16)8-9-15(19)18(4)13-6-12-17(2)3/h14H,5-13,16H2,1-4H3. The monoisotopic (exact) mass is 271 g/mol. The Morgan fingerprint density at radius 1 is 1.11 bits per heavy atom. The van der Waals surface area contributed by atoms with Crippen molar-refractivity contribution in [1.29, 1.82) is 0 Å². The Labute approximate surface area is 119 Å². The van der Waals surface area contributed by atoms with Crippen LogP contribution in [0.2, 0.25) is 0 Å². The van der Waals surface area contributed by atoms with Gasteiger partial charge in [-0.25, -0.2) is 0 Å². The molecule has 0 aromatic carbocycles. The van der Waals surface area contributed by atoms with Crippen molar-refractivity contribution < 1.29 is 4.79 Å². The first-order chi connectivity index (χ1) is 9.01. The molecule has 0 saturated carbocycles. The molecule has 1 unspecified atom stereocenters. The maximum atomic E-state index is 12.0. The van der Waals surface area contributed by atoms with Gasteiger partial charge in [-0.3, -0.25) is 4.79 Å². The summed E-state index contributed by atoms with van der Waals surface area (Å²) in [6.45, 7) is 4.81. The molecule has 0 radical (unpaired) electrons. The van der Waals surface area contributed by atoms with Crippen molar-refractivity contribution in [3.8, 4) is 0 Å². The van der Waals surface area contributed by atoms with E-state index in [4.69, 9.17) is 5.73 Å². The van der Waals surface area contributed by atoms with E-state index in [1.807, 2.05) is 11.9 Å². The van der Waals surface area contributed by atoms with Crippen molar-refractivity contribution >= 4 is 5.91 Å². The van der Waals surface area contributed by atoms with Crippen LogP contribution in [0.15, 0.2) is 0 Å². The Hall–Kier alpha value is -0.610. The first-order valence-electron chi connectivity index (χ1n) is 7.60. The highest BCUT2D eigenvalue weighted by Crippen LogP contribution is 2.17. The zero-order chi connectivity index (χ0) is 14.7. The zero-order valence-corrected chi connectivity index (χ0v) is 13.3. The number of hydrogen-bond acceptors (Lipinski definition) is 3. The summed E-state index contributed by atoms with van der Waals surface area (Å²) in [4.78, 5) is 16.0. The second-order valence-electron chi connectivity index (χ2n) is 5.74. The van der Waals surface area contributed by atoms with Crippen molar-refractivity contribution in [3.63, 3.8) is 0 Å². The molecule has 0 saturated heterocycles. The molecular weight excluding hydrogens is 238 g/mol. The van der Waals surface area contributed by atoms with E-state index >= 15 is 0 Å². The number of hydrogen-bond donors (Lipinski definition) is 1. The van der Waals surface area contributed by atoms with Gasteiger partial charge in [0, 0.05) is 20.0 Å². The summed E-state index contributed by atoms with van der Waals surface area (Å²) in [7, 11) is 6.03. The van der Waals surface area contributed by atoms with E-state index in [1.54, 1.807) is 0 Å². The number of nitrogens with zero attached hydrogens (tertiary/aromatic N) is 2. The number of nitrogens with two attached hydrogens (primary N) is 1. The fraction of sp³-hybridized carbons (Fsp3) is 0.933. The molecule has 0 heterocycles. The molecular formula is C15H33N3O. The second kappa shape index (κ2) is 11.2. The van der Waals surface area contributed by atoms with Crippen molar-refractivity contribution in [1.82, 2.24) is 9.80 Å². The van der Waals surface area contributed by atoms with E-state index in [1.165, 1.54) is 12.8 Å². The summed E-state index contributed by atoms with van der Waals surface area (Å²) in [6.07, 6.45) is 6.11. The molecule has 2 N–H and O–H groups in total. The molecule has 4 heteroatoms. The molecule has 0 spiro atoms. The van der Waals surface area contributed by atoms with Crippen molar-refractivity contribution in [2.45, 2.75) is 45.4 Å². The molecule has 0 fully saturated rings. The van der Waals surface area contributed by atoms with Crippen LogP contribution in [0, 0.1) is 5.92 Å². The van der Waals surface area contributed by atoms with Crippen molar-refractivity contribution in [3.05, 3.63) is 0 Å². The third-order valence-corrected chi connectivity index (χ3v) is 3.56. The number of amides is 1. The molecule has 19 heavy (non-hydrogen) atoms. The normalized spacial score (nSPS) is 12.7. The van der Waals surface area contributed by atoms with Gasteiger partial charge in [0.2, 0.25) is 5.91 Å². The fourth-order valence-corrected chi connectivity index (χ4v) is 2.34. The molecule has 0 bridgehead atoms. The summed E-state index contributed by atoms with van der Waals surface area (Å²) in [6, 6.07) is 0. The molecule has 114 valence electrons. The maximum absolute atomic E-state index is 12.0. The fourth-order valence-electron chi connectivity index (χ4n) is 2.34. The van der Waals surface area contributed by atoms with E-state index in [0.717, 1.165) is 38.9 Å². The summed E-state index contributed by atoms with van der Waals surface area (Å²) < 4.78 is 0. The van der Waals surface area contributed by atoms with E-state index < -0.39 is 0 Å². The first-order valence-corrected chi connectivity index (χ1v) is 7.60. The van der Waals surface area contributed by atoms with Gasteiger partial charge in [0.25, 0.3) is 0 Å². The van der Waals surface area contributed by atoms with E-state index in [2.05, 4.69) is 25.9 Å². The van der Waals surface area contributed by atoms with Gasteiger partial charge >= 0.3 is 0 Å². The average Bonchev–Trinajstić information content (AvgIpc) is 2.35. The Kier molecular flexibility index (Phi) is 10.9. The minimum absolute atomic E-state index is 0.275. The highest BCUT2D eigenvalue weighted by Gasteiger charge is 2.13. The van der Waals surface area contributed by atoms with Crippen LogP contribution in [0.3, 0.4) is 0 Å². The number of rotatable bonds is 11. The largest absolute Gasteiger partial charge is 0.346 e. The number of carbonyl (C=O) groups excluding carboxylic acids is 1. The van der Waals surface area contributed by atoms with E-state index in [0.29, 0.717) is 12.3 Å². The minimum Gasteiger partial charge on any atom is -0.346 e. The van der Waals surface area contributed by atoms with Crippen LogP contribution in [-0.4, -0.2) is 56.5 Å². The third kappa shape index (κ3) is 9.91. The predicted octanol–water partition coefficient (Wildman–Crippen LogP) is 1.94. The smallest absolute Gasteiger partial charge is 0.222 e. The molecule has 0 aliphatic carbocycles. The molecule has 4 nitrogen and oxygen atoms in total. The van der Waals surface area contributed by atoms with Gasteiger partial charge in [0.05, 0.1) is 0 Å². The van der Waals surface area contributed by atoms with Crippen molar-refractivity contribution in [2.75, 3.05) is 40.8 Å². The Morgan fingerprint density at radius 3 is 2.32 bits per heavy atom. The number of carbonyl (C=O) groups is 1. The van der Waals surface area contributed by atoms with Crippen LogP contribution in [0.5, 0.6) is 0 Å². The SMILES string of the molecule is CCCC(CCN)CCC(=O)N(C)CCCN(C)C. The highest BCUT2D eigenvalue weighted by atomic mass is 16.2. The quantitative estimate of drug-likeness (QED) is 0.625. The van der Waals surface area contributed by atoms with Crippen LogP contribution in [0.1, 0.15) is 45.4 Å². The maximum Gasteiger partial charge on any atom is 0.222 e. The summed E-state index contributed by atoms with van der Waals surface area (Å²) in [5, 5.41) is 0. The van der Waals surface area contributed by atoms with Gasteiger partial charge in [-0.05, 0) is 52.4 Å². The van der Waals surface area contributed by atoms with Crippen LogP contribution in [0.25, 0.3) is 0 Å². The Bertz CT molecular complexity index is 225. The van der Waals surface area contributed by atoms with Crippen LogP contribution < -0.4 is 5.73 Å². The van der Waals surface area contributed by atoms with Gasteiger partial charge in [0.1, 0.15) is 0 Å². The zero-order valence-electron chi connectivity index (χ0n) is 13.3. The van der Waals surface area contributed by atoms with Gasteiger partial charge in [-0.15, -0.1) is 0 Å². The van der Waals surface area contributed by atoms with E-state index in [9.17, 15) is 4.79 Å². The molecule has 0 aromatic heterocycles. The summed E-state index contributed by atoms with van der Waals surface area (Å²) in [5.41, 5.74) is 5.62. The molecule has 1 atom stereocenters. The molecule has 0 rings (SSSR count). The van der Waals surface area contributed by atoms with Crippen LogP contribution >= 0.6 is 0 Å². The highest BCUT2D eigenvalue weighted by molar-refractivity contribution is 5.75. The molecule has 0 aliphatic heterocycles.